The van der Waals surface area contributed by atoms with E-state index in [1.807, 2.05) is 30.3 Å². The molecule has 5 heteroatoms. The van der Waals surface area contributed by atoms with E-state index in [2.05, 4.69) is 0 Å². The van der Waals surface area contributed by atoms with Gasteiger partial charge in [-0.2, -0.15) is 0 Å². The molecule has 2 aromatic carbocycles. The Morgan fingerprint density at radius 1 is 1.23 bits per heavy atom. The van der Waals surface area contributed by atoms with Crippen molar-refractivity contribution in [3.8, 4) is 5.75 Å². The number of ketones is 1. The van der Waals surface area contributed by atoms with Gasteiger partial charge in [-0.1, -0.05) is 35.9 Å². The molecule has 1 fully saturated rings. The monoisotopic (exact) mass is 332 g/mol. The second kappa shape index (κ2) is 5.01. The highest BCUT2D eigenvalue weighted by Crippen LogP contribution is 2.55. The Morgan fingerprint density at radius 2 is 2.05 bits per heavy atom. The van der Waals surface area contributed by atoms with Gasteiger partial charge < -0.3 is 9.84 Å². The molecule has 1 saturated heterocycles. The molecule has 2 aliphatic rings. The Bertz CT molecular complexity index is 763. The van der Waals surface area contributed by atoms with Gasteiger partial charge in [-0.3, -0.25) is 4.79 Å². The van der Waals surface area contributed by atoms with E-state index in [-0.39, 0.29) is 11.0 Å². The lowest BCUT2D eigenvalue weighted by Gasteiger charge is -2.31. The first-order chi connectivity index (χ1) is 10.6. The average Bonchev–Trinajstić information content (AvgIpc) is 3.00. The van der Waals surface area contributed by atoms with Crippen LogP contribution < -0.4 is 4.74 Å². The smallest absolute Gasteiger partial charge is 0.214 e. The minimum atomic E-state index is -1.25. The molecule has 0 unspecified atom stereocenters. The Labute approximate surface area is 137 Å². The summed E-state index contributed by atoms with van der Waals surface area (Å²) in [5, 5.41) is 10.9. The zero-order chi connectivity index (χ0) is 15.3. The van der Waals surface area contributed by atoms with E-state index in [1.54, 1.807) is 18.2 Å². The predicted molar refractivity (Wildman–Crippen MR) is 86.8 cm³/mol. The summed E-state index contributed by atoms with van der Waals surface area (Å²) >= 11 is 7.61. The summed E-state index contributed by atoms with van der Waals surface area (Å²) in [6.45, 7) is 0. The first-order valence-electron chi connectivity index (χ1n) is 7.01. The molecule has 0 radical (unpaired) electrons. The summed E-state index contributed by atoms with van der Waals surface area (Å²) in [4.78, 5) is 13.0. The van der Waals surface area contributed by atoms with E-state index in [0.29, 0.717) is 22.1 Å². The number of hydrogen-bond acceptors (Lipinski definition) is 4. The van der Waals surface area contributed by atoms with Crippen LogP contribution in [0.15, 0.2) is 48.5 Å². The summed E-state index contributed by atoms with van der Waals surface area (Å²) in [5.41, 5.74) is 0.185. The van der Waals surface area contributed by atoms with Crippen LogP contribution in [0.2, 0.25) is 5.02 Å². The first kappa shape index (κ1) is 14.1. The Morgan fingerprint density at radius 3 is 2.82 bits per heavy atom. The van der Waals surface area contributed by atoms with Crippen LogP contribution in [-0.4, -0.2) is 28.3 Å². The Kier molecular flexibility index (Phi) is 3.22. The van der Waals surface area contributed by atoms with Crippen LogP contribution in [0.1, 0.15) is 21.2 Å². The molecule has 0 amide bonds. The van der Waals surface area contributed by atoms with E-state index in [9.17, 15) is 9.90 Å². The van der Waals surface area contributed by atoms with Gasteiger partial charge in [0.05, 0.1) is 10.8 Å². The molecule has 2 aliphatic heterocycles. The third kappa shape index (κ3) is 1.84. The highest BCUT2D eigenvalue weighted by Gasteiger charge is 2.62. The molecule has 0 aromatic heterocycles. The van der Waals surface area contributed by atoms with Crippen LogP contribution in [0.4, 0.5) is 0 Å². The van der Waals surface area contributed by atoms with Crippen molar-refractivity contribution in [2.75, 3.05) is 5.75 Å². The lowest BCUT2D eigenvalue weighted by atomic mass is 9.84. The molecule has 0 aliphatic carbocycles. The summed E-state index contributed by atoms with van der Waals surface area (Å²) in [6, 6.07) is 14.5. The van der Waals surface area contributed by atoms with Gasteiger partial charge in [-0.25, -0.2) is 0 Å². The van der Waals surface area contributed by atoms with Crippen molar-refractivity contribution >= 4 is 29.1 Å². The highest BCUT2D eigenvalue weighted by molar-refractivity contribution is 8.00. The predicted octanol–water partition coefficient (Wildman–Crippen LogP) is 3.50. The molecule has 1 spiro atoms. The molecule has 2 heterocycles. The van der Waals surface area contributed by atoms with Crippen LogP contribution in [0, 0.1) is 0 Å². The fourth-order valence-electron chi connectivity index (χ4n) is 3.20. The van der Waals surface area contributed by atoms with Crippen molar-refractivity contribution in [1.29, 1.82) is 0 Å². The van der Waals surface area contributed by atoms with Gasteiger partial charge in [0.2, 0.25) is 11.4 Å². The number of thioether (sulfide) groups is 1. The van der Waals surface area contributed by atoms with Crippen LogP contribution >= 0.6 is 23.4 Å². The molecule has 4 rings (SSSR count). The normalized spacial score (nSPS) is 29.6. The van der Waals surface area contributed by atoms with Crippen molar-refractivity contribution in [3.05, 3.63) is 64.7 Å². The number of aliphatic hydroxyl groups excluding tert-OH is 1. The maximum Gasteiger partial charge on any atom is 0.214 e. The quantitative estimate of drug-likeness (QED) is 0.868. The van der Waals surface area contributed by atoms with Crippen molar-refractivity contribution in [2.24, 2.45) is 0 Å². The van der Waals surface area contributed by atoms with Crippen LogP contribution in [-0.2, 0) is 0 Å². The lowest BCUT2D eigenvalue weighted by molar-refractivity contribution is -0.00800. The second-order valence-electron chi connectivity index (χ2n) is 5.50. The largest absolute Gasteiger partial charge is 0.474 e. The molecule has 3 nitrogen and oxygen atoms in total. The Hall–Kier alpha value is -1.49. The van der Waals surface area contributed by atoms with Gasteiger partial charge in [0.25, 0.3) is 0 Å². The maximum atomic E-state index is 13.0. The number of halogens is 1. The molecule has 2 aromatic rings. The topological polar surface area (TPSA) is 46.5 Å². The number of carbonyl (C=O) groups excluding carboxylic acids is 1. The number of hydrogen-bond donors (Lipinski definition) is 1. The SMILES string of the molecule is O=C1c2ccccc2O[C@]12[C@@H](O)CS[C@H]2c1cccc(Cl)c1. The minimum Gasteiger partial charge on any atom is -0.474 e. The standard InChI is InChI=1S/C17H13ClO3S/c18-11-5-3-4-10(8-11)16-17(14(19)9-22-16)15(20)12-6-1-2-7-13(12)21-17/h1-8,14,16,19H,9H2/t14-,16-,17+/m0/s1. The molecule has 22 heavy (non-hydrogen) atoms. The van der Waals surface area contributed by atoms with E-state index in [0.717, 1.165) is 5.56 Å². The Balaban J connectivity index is 1.84. The van der Waals surface area contributed by atoms with E-state index >= 15 is 0 Å². The number of carbonyl (C=O) groups is 1. The summed E-state index contributed by atoms with van der Waals surface area (Å²) in [7, 11) is 0. The van der Waals surface area contributed by atoms with Gasteiger partial charge >= 0.3 is 0 Å². The number of para-hydroxylation sites is 1. The van der Waals surface area contributed by atoms with Crippen molar-refractivity contribution in [3.63, 3.8) is 0 Å². The fraction of sp³-hybridized carbons (Fsp3) is 0.235. The number of benzene rings is 2. The van der Waals surface area contributed by atoms with Gasteiger partial charge in [-0.15, -0.1) is 11.8 Å². The average molecular weight is 333 g/mol. The van der Waals surface area contributed by atoms with Gasteiger partial charge in [0.1, 0.15) is 11.9 Å². The molecule has 0 saturated carbocycles. The first-order valence-corrected chi connectivity index (χ1v) is 8.43. The number of aliphatic hydroxyl groups is 1. The molecular weight excluding hydrogens is 320 g/mol. The molecule has 112 valence electrons. The summed E-state index contributed by atoms with van der Waals surface area (Å²) < 4.78 is 6.02. The zero-order valence-corrected chi connectivity index (χ0v) is 13.1. The highest BCUT2D eigenvalue weighted by atomic mass is 35.5. The number of rotatable bonds is 1. The van der Waals surface area contributed by atoms with Gasteiger partial charge in [-0.05, 0) is 29.8 Å². The number of ether oxygens (including phenoxy) is 1. The molecule has 1 N–H and O–H groups in total. The lowest BCUT2D eigenvalue weighted by Crippen LogP contribution is -2.51. The van der Waals surface area contributed by atoms with Gasteiger partial charge in [0, 0.05) is 10.8 Å². The van der Waals surface area contributed by atoms with Crippen molar-refractivity contribution in [2.45, 2.75) is 17.0 Å². The van der Waals surface area contributed by atoms with Crippen LogP contribution in [0.3, 0.4) is 0 Å². The van der Waals surface area contributed by atoms with Crippen LogP contribution in [0.25, 0.3) is 0 Å². The van der Waals surface area contributed by atoms with Crippen molar-refractivity contribution < 1.29 is 14.6 Å². The van der Waals surface area contributed by atoms with Gasteiger partial charge in [0.15, 0.2) is 0 Å². The van der Waals surface area contributed by atoms with E-state index < -0.39 is 11.7 Å². The summed E-state index contributed by atoms with van der Waals surface area (Å²) in [5.74, 6) is 0.850. The second-order valence-corrected chi connectivity index (χ2v) is 7.08. The maximum absolute atomic E-state index is 13.0. The molecular formula is C17H13ClO3S. The third-order valence-corrected chi connectivity index (χ3v) is 5.92. The molecule has 0 bridgehead atoms. The summed E-state index contributed by atoms with van der Waals surface area (Å²) in [6.07, 6.45) is -0.846. The zero-order valence-electron chi connectivity index (χ0n) is 11.5. The fourth-order valence-corrected chi connectivity index (χ4v) is 4.92. The van der Waals surface area contributed by atoms with E-state index in [1.165, 1.54) is 11.8 Å². The van der Waals surface area contributed by atoms with Crippen LogP contribution in [0.5, 0.6) is 5.75 Å². The minimum absolute atomic E-state index is 0.148. The number of fused-ring (bicyclic) bond motifs is 1. The van der Waals surface area contributed by atoms with Crippen molar-refractivity contribution in [1.82, 2.24) is 0 Å². The van der Waals surface area contributed by atoms with E-state index in [4.69, 9.17) is 16.3 Å². The molecule has 3 atom stereocenters. The third-order valence-electron chi connectivity index (χ3n) is 4.22. The number of Topliss-reactive ketones (excluding diaryl/α,β-unsaturated/α-hetero) is 1.